The van der Waals surface area contributed by atoms with Crippen LogP contribution in [0.3, 0.4) is 0 Å². The number of hydrogen-bond acceptors (Lipinski definition) is 5. The lowest BCUT2D eigenvalue weighted by Crippen LogP contribution is -2.51. The Morgan fingerprint density at radius 2 is 1.67 bits per heavy atom. The van der Waals surface area contributed by atoms with Crippen LogP contribution in [0.4, 0.5) is 5.69 Å². The second-order valence-corrected chi connectivity index (χ2v) is 5.83. The van der Waals surface area contributed by atoms with Crippen molar-refractivity contribution in [1.82, 2.24) is 9.80 Å². The van der Waals surface area contributed by atoms with Crippen LogP contribution in [0.25, 0.3) is 0 Å². The molecule has 24 heavy (non-hydrogen) atoms. The van der Waals surface area contributed by atoms with E-state index in [4.69, 9.17) is 21.1 Å². The Morgan fingerprint density at radius 1 is 1.08 bits per heavy atom. The van der Waals surface area contributed by atoms with Gasteiger partial charge in [-0.1, -0.05) is 11.6 Å². The minimum Gasteiger partial charge on any atom is -0.495 e. The van der Waals surface area contributed by atoms with E-state index in [2.05, 4.69) is 5.32 Å². The Bertz CT molecular complexity index is 616. The van der Waals surface area contributed by atoms with Crippen LogP contribution in [-0.2, 0) is 9.59 Å². The van der Waals surface area contributed by atoms with Gasteiger partial charge in [-0.15, -0.1) is 0 Å². The van der Waals surface area contributed by atoms with Crippen molar-refractivity contribution in [1.29, 1.82) is 0 Å². The summed E-state index contributed by atoms with van der Waals surface area (Å²) in [5.41, 5.74) is 0.634. The van der Waals surface area contributed by atoms with E-state index in [0.717, 1.165) is 0 Å². The van der Waals surface area contributed by atoms with E-state index in [1.165, 1.54) is 14.2 Å². The van der Waals surface area contributed by atoms with Gasteiger partial charge in [-0.25, -0.2) is 0 Å². The number of carbonyl (C=O) groups excluding carboxylic acids is 2. The van der Waals surface area contributed by atoms with Crippen molar-refractivity contribution in [3.63, 3.8) is 0 Å². The molecule has 0 unspecified atom stereocenters. The van der Waals surface area contributed by atoms with Gasteiger partial charge in [0.05, 0.1) is 31.5 Å². The first-order valence-electron chi connectivity index (χ1n) is 7.65. The van der Waals surface area contributed by atoms with Gasteiger partial charge in [0.2, 0.25) is 11.8 Å². The minimum absolute atomic E-state index is 0.0332. The molecular formula is C16H22ClN3O4. The summed E-state index contributed by atoms with van der Waals surface area (Å²) in [5.74, 6) is 1.05. The van der Waals surface area contributed by atoms with Crippen molar-refractivity contribution in [3.05, 3.63) is 17.2 Å². The summed E-state index contributed by atoms with van der Waals surface area (Å²) in [7, 11) is 3.06. The van der Waals surface area contributed by atoms with Crippen LogP contribution in [0.5, 0.6) is 11.5 Å². The number of anilines is 1. The molecule has 1 aromatic rings. The fraction of sp³-hybridized carbons (Fsp3) is 0.500. The van der Waals surface area contributed by atoms with E-state index < -0.39 is 0 Å². The van der Waals surface area contributed by atoms with E-state index in [-0.39, 0.29) is 18.4 Å². The van der Waals surface area contributed by atoms with Crippen molar-refractivity contribution < 1.29 is 19.1 Å². The Labute approximate surface area is 146 Å². The van der Waals surface area contributed by atoms with E-state index >= 15 is 0 Å². The molecule has 1 fully saturated rings. The van der Waals surface area contributed by atoms with Gasteiger partial charge in [0.15, 0.2) is 0 Å². The second-order valence-electron chi connectivity index (χ2n) is 5.43. The van der Waals surface area contributed by atoms with E-state index in [1.54, 1.807) is 28.9 Å². The van der Waals surface area contributed by atoms with Crippen LogP contribution >= 0.6 is 11.6 Å². The number of amides is 2. The molecule has 0 aromatic heterocycles. The monoisotopic (exact) mass is 355 g/mol. The molecule has 1 aromatic carbocycles. The maximum Gasteiger partial charge on any atom is 0.241 e. The quantitative estimate of drug-likeness (QED) is 0.865. The predicted octanol–water partition coefficient (Wildman–Crippen LogP) is 1.46. The average Bonchev–Trinajstić information content (AvgIpc) is 2.60. The molecule has 0 spiro atoms. The Morgan fingerprint density at radius 3 is 2.21 bits per heavy atom. The number of hydrogen-bond donors (Lipinski definition) is 1. The van der Waals surface area contributed by atoms with Gasteiger partial charge in [-0.3, -0.25) is 9.59 Å². The summed E-state index contributed by atoms with van der Waals surface area (Å²) in [6, 6.07) is 3.33. The Balaban J connectivity index is 1.96. The van der Waals surface area contributed by atoms with Gasteiger partial charge >= 0.3 is 0 Å². The molecule has 1 saturated heterocycles. The summed E-state index contributed by atoms with van der Waals surface area (Å²) in [4.78, 5) is 27.1. The molecule has 2 rings (SSSR count). The molecule has 1 aliphatic heterocycles. The first kappa shape index (κ1) is 18.2. The van der Waals surface area contributed by atoms with Gasteiger partial charge < -0.3 is 24.6 Å². The highest BCUT2D eigenvalue weighted by Gasteiger charge is 2.22. The lowest BCUT2D eigenvalue weighted by molar-refractivity contribution is -0.137. The fourth-order valence-electron chi connectivity index (χ4n) is 2.55. The van der Waals surface area contributed by atoms with Gasteiger partial charge in [0, 0.05) is 45.2 Å². The minimum atomic E-state index is -0.0332. The maximum absolute atomic E-state index is 12.3. The summed E-state index contributed by atoms with van der Waals surface area (Å²) in [6.07, 6.45) is 0. The number of nitrogens with one attached hydrogen (secondary N) is 1. The topological polar surface area (TPSA) is 71.1 Å². The average molecular weight is 356 g/mol. The molecule has 0 atom stereocenters. The number of piperazine rings is 1. The largest absolute Gasteiger partial charge is 0.495 e. The van der Waals surface area contributed by atoms with Gasteiger partial charge in [-0.05, 0) is 0 Å². The zero-order valence-electron chi connectivity index (χ0n) is 14.1. The number of methoxy groups -OCH3 is 2. The van der Waals surface area contributed by atoms with Crippen molar-refractivity contribution in [3.8, 4) is 11.5 Å². The van der Waals surface area contributed by atoms with E-state index in [1.807, 2.05) is 0 Å². The number of halogens is 1. The lowest BCUT2D eigenvalue weighted by atomic mass is 10.2. The van der Waals surface area contributed by atoms with Gasteiger partial charge in [0.1, 0.15) is 11.5 Å². The van der Waals surface area contributed by atoms with Crippen molar-refractivity contribution >= 4 is 29.1 Å². The molecular weight excluding hydrogens is 334 g/mol. The number of carbonyl (C=O) groups is 2. The zero-order valence-corrected chi connectivity index (χ0v) is 14.9. The van der Waals surface area contributed by atoms with Crippen molar-refractivity contribution in [2.45, 2.75) is 6.92 Å². The van der Waals surface area contributed by atoms with Gasteiger partial charge in [0.25, 0.3) is 0 Å². The van der Waals surface area contributed by atoms with Crippen molar-refractivity contribution in [2.75, 3.05) is 52.3 Å². The van der Waals surface area contributed by atoms with E-state index in [0.29, 0.717) is 48.4 Å². The highest BCUT2D eigenvalue weighted by molar-refractivity contribution is 6.32. The molecule has 0 bridgehead atoms. The second kappa shape index (κ2) is 8.10. The molecule has 8 heteroatoms. The van der Waals surface area contributed by atoms with Crippen LogP contribution < -0.4 is 14.8 Å². The highest BCUT2D eigenvalue weighted by Crippen LogP contribution is 2.35. The summed E-state index contributed by atoms with van der Waals surface area (Å²) in [6.45, 7) is 3.89. The van der Waals surface area contributed by atoms with Crippen LogP contribution in [0, 0.1) is 0 Å². The standard InChI is InChI=1S/C16H22ClN3O4/c1-11(21)19-4-6-20(7-5-19)16(22)10-18-13-9-14(23-2)12(17)8-15(13)24-3/h8-9,18H,4-7,10H2,1-3H3. The normalized spacial score (nSPS) is 14.3. The number of nitrogens with zero attached hydrogens (tertiary/aromatic N) is 2. The number of rotatable bonds is 5. The SMILES string of the molecule is COc1cc(NCC(=O)N2CCN(C(C)=O)CC2)c(OC)cc1Cl. The lowest BCUT2D eigenvalue weighted by Gasteiger charge is -2.34. The van der Waals surface area contributed by atoms with E-state index in [9.17, 15) is 9.59 Å². The van der Waals surface area contributed by atoms with Crippen molar-refractivity contribution in [2.24, 2.45) is 0 Å². The number of benzene rings is 1. The first-order valence-corrected chi connectivity index (χ1v) is 8.02. The molecule has 1 aliphatic rings. The summed E-state index contributed by atoms with van der Waals surface area (Å²) >= 11 is 6.06. The summed E-state index contributed by atoms with van der Waals surface area (Å²) < 4.78 is 10.5. The molecule has 7 nitrogen and oxygen atoms in total. The molecule has 132 valence electrons. The fourth-order valence-corrected chi connectivity index (χ4v) is 2.78. The molecule has 2 amide bonds. The predicted molar refractivity (Wildman–Crippen MR) is 91.9 cm³/mol. The third kappa shape index (κ3) is 4.23. The third-order valence-electron chi connectivity index (χ3n) is 3.98. The molecule has 0 saturated carbocycles. The Hall–Kier alpha value is -2.15. The smallest absolute Gasteiger partial charge is 0.241 e. The molecule has 0 aliphatic carbocycles. The van der Waals surface area contributed by atoms with Crippen LogP contribution in [0.2, 0.25) is 5.02 Å². The van der Waals surface area contributed by atoms with Crippen LogP contribution in [0.1, 0.15) is 6.92 Å². The zero-order chi connectivity index (χ0) is 17.7. The summed E-state index contributed by atoms with van der Waals surface area (Å²) in [5, 5.41) is 3.50. The molecule has 1 N–H and O–H groups in total. The third-order valence-corrected chi connectivity index (χ3v) is 4.28. The van der Waals surface area contributed by atoms with Crippen LogP contribution in [0.15, 0.2) is 12.1 Å². The Kier molecular flexibility index (Phi) is 6.14. The first-order chi connectivity index (χ1) is 11.5. The van der Waals surface area contributed by atoms with Gasteiger partial charge in [-0.2, -0.15) is 0 Å². The molecule has 1 heterocycles. The number of ether oxygens (including phenoxy) is 2. The molecule has 0 radical (unpaired) electrons. The maximum atomic E-state index is 12.3. The highest BCUT2D eigenvalue weighted by atomic mass is 35.5. The van der Waals surface area contributed by atoms with Crippen LogP contribution in [-0.4, -0.2) is 68.6 Å².